The van der Waals surface area contributed by atoms with Gasteiger partial charge in [0.1, 0.15) is 11.6 Å². The smallest absolute Gasteiger partial charge is 0.236 e. The Kier molecular flexibility index (Phi) is 6.97. The van der Waals surface area contributed by atoms with Crippen LogP contribution >= 0.6 is 11.3 Å². The Morgan fingerprint density at radius 3 is 2.67 bits per heavy atom. The van der Waals surface area contributed by atoms with E-state index in [1.807, 2.05) is 36.6 Å². The molecule has 0 aliphatic carbocycles. The molecule has 0 unspecified atom stereocenters. The topological polar surface area (TPSA) is 32.5 Å². The molecule has 3 aromatic rings. The van der Waals surface area contributed by atoms with Crippen LogP contribution in [0.5, 0.6) is 0 Å². The van der Waals surface area contributed by atoms with Crippen molar-refractivity contribution in [2.24, 2.45) is 5.92 Å². The number of likely N-dealkylation sites (tertiary alicyclic amines) is 1. The summed E-state index contributed by atoms with van der Waals surface area (Å²) in [5, 5.41) is 2.05. The molecular formula is C24H30FN3OS. The van der Waals surface area contributed by atoms with E-state index in [4.69, 9.17) is 9.40 Å². The third-order valence-electron chi connectivity index (χ3n) is 5.95. The van der Waals surface area contributed by atoms with Gasteiger partial charge in [-0.25, -0.2) is 9.37 Å². The monoisotopic (exact) mass is 427 g/mol. The Balaban J connectivity index is 1.21. The summed E-state index contributed by atoms with van der Waals surface area (Å²) < 4.78 is 18.9. The van der Waals surface area contributed by atoms with Gasteiger partial charge in [0.05, 0.1) is 10.6 Å². The number of hydrogen-bond donors (Lipinski definition) is 0. The molecule has 160 valence electrons. The molecule has 1 fully saturated rings. The standard InChI is InChI=1S/C24H30FN3OS/c1-18-22(26-24(29-18)23-4-3-15-30-23)17-27(2)16-20-10-13-28(14-11-20)12-9-19-5-7-21(25)8-6-19/h3-8,15,20H,9-14,16-17H2,1-2H3. The van der Waals surface area contributed by atoms with E-state index >= 15 is 0 Å². The maximum Gasteiger partial charge on any atom is 0.236 e. The minimum absolute atomic E-state index is 0.160. The highest BCUT2D eigenvalue weighted by atomic mass is 32.1. The first-order valence-electron chi connectivity index (χ1n) is 10.7. The van der Waals surface area contributed by atoms with Crippen molar-refractivity contribution in [1.82, 2.24) is 14.8 Å². The lowest BCUT2D eigenvalue weighted by molar-refractivity contribution is 0.152. The highest BCUT2D eigenvalue weighted by molar-refractivity contribution is 7.13. The van der Waals surface area contributed by atoms with E-state index in [1.165, 1.54) is 18.4 Å². The molecule has 0 radical (unpaired) electrons. The first-order valence-corrected chi connectivity index (χ1v) is 11.6. The fourth-order valence-corrected chi connectivity index (χ4v) is 4.82. The van der Waals surface area contributed by atoms with Gasteiger partial charge in [-0.1, -0.05) is 18.2 Å². The van der Waals surface area contributed by atoms with Gasteiger partial charge in [0, 0.05) is 19.6 Å². The van der Waals surface area contributed by atoms with Crippen LogP contribution in [0.25, 0.3) is 10.8 Å². The second-order valence-electron chi connectivity index (χ2n) is 8.36. The van der Waals surface area contributed by atoms with Crippen molar-refractivity contribution in [3.8, 4) is 10.8 Å². The number of aromatic nitrogens is 1. The first-order chi connectivity index (χ1) is 14.6. The summed E-state index contributed by atoms with van der Waals surface area (Å²) in [4.78, 5) is 10.7. The highest BCUT2D eigenvalue weighted by Gasteiger charge is 2.21. The summed E-state index contributed by atoms with van der Waals surface area (Å²) in [5.74, 6) is 2.22. The minimum Gasteiger partial charge on any atom is -0.440 e. The number of oxazole rings is 1. The molecule has 0 bridgehead atoms. The van der Waals surface area contributed by atoms with Crippen molar-refractivity contribution >= 4 is 11.3 Å². The Hall–Kier alpha value is -2.02. The van der Waals surface area contributed by atoms with Crippen LogP contribution in [-0.2, 0) is 13.0 Å². The van der Waals surface area contributed by atoms with Gasteiger partial charge in [0.2, 0.25) is 5.89 Å². The van der Waals surface area contributed by atoms with Gasteiger partial charge >= 0.3 is 0 Å². The van der Waals surface area contributed by atoms with Crippen LogP contribution < -0.4 is 0 Å². The average molecular weight is 428 g/mol. The lowest BCUT2D eigenvalue weighted by atomic mass is 9.96. The molecule has 6 heteroatoms. The lowest BCUT2D eigenvalue weighted by Crippen LogP contribution is -2.38. The summed E-state index contributed by atoms with van der Waals surface area (Å²) >= 11 is 1.66. The fourth-order valence-electron chi connectivity index (χ4n) is 4.17. The summed E-state index contributed by atoms with van der Waals surface area (Å²) in [5.41, 5.74) is 2.25. The normalized spacial score (nSPS) is 15.9. The predicted octanol–water partition coefficient (Wildman–Crippen LogP) is 5.24. The van der Waals surface area contributed by atoms with E-state index in [2.05, 4.69) is 16.8 Å². The zero-order chi connectivity index (χ0) is 20.9. The van der Waals surface area contributed by atoms with Crippen LogP contribution in [0.4, 0.5) is 4.39 Å². The minimum atomic E-state index is -0.160. The second kappa shape index (κ2) is 9.86. The van der Waals surface area contributed by atoms with Crippen molar-refractivity contribution in [3.05, 3.63) is 64.6 Å². The number of rotatable bonds is 8. The molecule has 0 atom stereocenters. The van der Waals surface area contributed by atoms with Crippen molar-refractivity contribution in [1.29, 1.82) is 0 Å². The molecule has 0 amide bonds. The second-order valence-corrected chi connectivity index (χ2v) is 9.31. The number of halogens is 1. The summed E-state index contributed by atoms with van der Waals surface area (Å²) in [7, 11) is 2.18. The van der Waals surface area contributed by atoms with Crippen molar-refractivity contribution in [2.45, 2.75) is 32.7 Å². The van der Waals surface area contributed by atoms with Crippen LogP contribution in [0, 0.1) is 18.7 Å². The number of piperidine rings is 1. The molecule has 1 saturated heterocycles. The molecule has 0 spiro atoms. The van der Waals surface area contributed by atoms with Crippen molar-refractivity contribution < 1.29 is 8.81 Å². The van der Waals surface area contributed by atoms with E-state index in [0.29, 0.717) is 0 Å². The number of nitrogens with zero attached hydrogens (tertiary/aromatic N) is 3. The molecule has 0 N–H and O–H groups in total. The van der Waals surface area contributed by atoms with Gasteiger partial charge in [0.25, 0.3) is 0 Å². The average Bonchev–Trinajstić information content (AvgIpc) is 3.39. The number of aryl methyl sites for hydroxylation is 1. The Bertz CT molecular complexity index is 915. The van der Waals surface area contributed by atoms with Crippen LogP contribution in [0.3, 0.4) is 0 Å². The molecule has 4 nitrogen and oxygen atoms in total. The molecule has 30 heavy (non-hydrogen) atoms. The molecule has 1 aliphatic rings. The Labute approximate surface area is 182 Å². The van der Waals surface area contributed by atoms with Gasteiger partial charge < -0.3 is 14.2 Å². The largest absolute Gasteiger partial charge is 0.440 e. The molecule has 4 rings (SSSR count). The maximum atomic E-state index is 13.0. The third-order valence-corrected chi connectivity index (χ3v) is 6.81. The molecular weight excluding hydrogens is 397 g/mol. The zero-order valence-corrected chi connectivity index (χ0v) is 18.6. The summed E-state index contributed by atoms with van der Waals surface area (Å²) in [6, 6.07) is 11.0. The Morgan fingerprint density at radius 1 is 1.20 bits per heavy atom. The van der Waals surface area contributed by atoms with Gasteiger partial charge in [-0.05, 0) is 81.4 Å². The van der Waals surface area contributed by atoms with Crippen LogP contribution in [0.1, 0.15) is 29.9 Å². The predicted molar refractivity (Wildman–Crippen MR) is 120 cm³/mol. The maximum absolute atomic E-state index is 13.0. The lowest BCUT2D eigenvalue weighted by Gasteiger charge is -2.33. The number of thiophene rings is 1. The van der Waals surface area contributed by atoms with Crippen LogP contribution in [0.15, 0.2) is 46.2 Å². The molecule has 0 saturated carbocycles. The van der Waals surface area contributed by atoms with E-state index < -0.39 is 0 Å². The first kappa shape index (κ1) is 21.2. The molecule has 2 aromatic heterocycles. The van der Waals surface area contributed by atoms with E-state index in [-0.39, 0.29) is 5.82 Å². The van der Waals surface area contributed by atoms with Crippen molar-refractivity contribution in [3.63, 3.8) is 0 Å². The zero-order valence-electron chi connectivity index (χ0n) is 17.8. The quantitative estimate of drug-likeness (QED) is 0.492. The van der Waals surface area contributed by atoms with E-state index in [0.717, 1.165) is 67.3 Å². The van der Waals surface area contributed by atoms with E-state index in [9.17, 15) is 4.39 Å². The summed E-state index contributed by atoms with van der Waals surface area (Å²) in [6.45, 7) is 7.26. The van der Waals surface area contributed by atoms with Crippen LogP contribution in [-0.4, -0.2) is 48.0 Å². The third kappa shape index (κ3) is 5.56. The van der Waals surface area contributed by atoms with E-state index in [1.54, 1.807) is 23.5 Å². The Morgan fingerprint density at radius 2 is 1.97 bits per heavy atom. The fraction of sp³-hybridized carbons (Fsp3) is 0.458. The number of hydrogen-bond acceptors (Lipinski definition) is 5. The molecule has 1 aromatic carbocycles. The molecule has 3 heterocycles. The van der Waals surface area contributed by atoms with Gasteiger partial charge in [0.15, 0.2) is 0 Å². The molecule has 1 aliphatic heterocycles. The highest BCUT2D eigenvalue weighted by Crippen LogP contribution is 2.27. The van der Waals surface area contributed by atoms with Crippen molar-refractivity contribution in [2.75, 3.05) is 33.2 Å². The van der Waals surface area contributed by atoms with Gasteiger partial charge in [-0.3, -0.25) is 0 Å². The summed E-state index contributed by atoms with van der Waals surface area (Å²) in [6.07, 6.45) is 3.45. The SMILES string of the molecule is Cc1oc(-c2cccs2)nc1CN(C)CC1CCN(CCc2ccc(F)cc2)CC1. The van der Waals surface area contributed by atoms with Gasteiger partial charge in [-0.15, -0.1) is 11.3 Å². The van der Waals surface area contributed by atoms with Crippen LogP contribution in [0.2, 0.25) is 0 Å². The number of benzene rings is 1. The van der Waals surface area contributed by atoms with Gasteiger partial charge in [-0.2, -0.15) is 0 Å².